The molecule has 0 fully saturated rings. The van der Waals surface area contributed by atoms with Gasteiger partial charge in [0.05, 0.1) is 33.1 Å². The lowest BCUT2D eigenvalue weighted by Crippen LogP contribution is -2.12. The van der Waals surface area contributed by atoms with Crippen LogP contribution in [0.15, 0.2) is 47.3 Å². The highest BCUT2D eigenvalue weighted by atomic mass is 79.9. The van der Waals surface area contributed by atoms with Gasteiger partial charge in [0.15, 0.2) is 17.1 Å². The number of nitrogens with zero attached hydrogens (tertiary/aromatic N) is 8. The van der Waals surface area contributed by atoms with Gasteiger partial charge >= 0.3 is 0 Å². The molecule has 0 saturated heterocycles. The van der Waals surface area contributed by atoms with E-state index in [1.54, 1.807) is 17.0 Å². The molecule has 0 aliphatic heterocycles. The molecule has 0 spiro atoms. The molecule has 5 rings (SSSR count). The number of fused-ring (bicyclic) bond motifs is 3. The summed E-state index contributed by atoms with van der Waals surface area (Å²) in [5, 5.41) is 14.6. The summed E-state index contributed by atoms with van der Waals surface area (Å²) >= 11 is 3.58. The molecule has 1 atom stereocenters. The monoisotopic (exact) mass is 436 g/mol. The maximum absolute atomic E-state index is 4.79. The molecule has 140 valence electrons. The highest BCUT2D eigenvalue weighted by Gasteiger charge is 2.21. The summed E-state index contributed by atoms with van der Waals surface area (Å²) in [4.78, 5) is 9.34. The number of para-hydroxylation sites is 1. The fraction of sp³-hybridized carbons (Fsp3) is 0.211. The number of benzene rings is 1. The minimum Gasteiger partial charge on any atom is -0.258 e. The number of rotatable bonds is 3. The van der Waals surface area contributed by atoms with Gasteiger partial charge in [-0.25, -0.2) is 19.2 Å². The molecule has 28 heavy (non-hydrogen) atoms. The largest absolute Gasteiger partial charge is 0.258 e. The fourth-order valence-corrected chi connectivity index (χ4v) is 3.66. The van der Waals surface area contributed by atoms with Gasteiger partial charge in [0.2, 0.25) is 0 Å². The molecule has 4 aromatic heterocycles. The molecule has 0 bridgehead atoms. The Morgan fingerprint density at radius 3 is 2.54 bits per heavy atom. The van der Waals surface area contributed by atoms with Crippen LogP contribution in [-0.4, -0.2) is 39.1 Å². The fourth-order valence-electron chi connectivity index (χ4n) is 3.40. The lowest BCUT2D eigenvalue weighted by Gasteiger charge is -2.10. The van der Waals surface area contributed by atoms with Crippen LogP contribution >= 0.6 is 15.9 Å². The summed E-state index contributed by atoms with van der Waals surface area (Å²) in [5.41, 5.74) is 4.43. The van der Waals surface area contributed by atoms with Crippen LogP contribution in [0.5, 0.6) is 0 Å². The highest BCUT2D eigenvalue weighted by Crippen LogP contribution is 2.26. The molecule has 8 nitrogen and oxygen atoms in total. The van der Waals surface area contributed by atoms with Crippen molar-refractivity contribution in [2.24, 2.45) is 0 Å². The van der Waals surface area contributed by atoms with E-state index >= 15 is 0 Å². The molecule has 0 aliphatic carbocycles. The van der Waals surface area contributed by atoms with Crippen LogP contribution in [-0.2, 0) is 0 Å². The van der Waals surface area contributed by atoms with Crippen LogP contribution in [0.4, 0.5) is 0 Å². The van der Waals surface area contributed by atoms with Crippen LogP contribution in [0.1, 0.15) is 30.2 Å². The van der Waals surface area contributed by atoms with Gasteiger partial charge in [-0.2, -0.15) is 10.2 Å². The summed E-state index contributed by atoms with van der Waals surface area (Å²) in [6.07, 6.45) is 3.47. The van der Waals surface area contributed by atoms with Crippen LogP contribution in [0, 0.1) is 13.8 Å². The molecule has 0 radical (unpaired) electrons. The second kappa shape index (κ2) is 6.23. The molecule has 0 saturated carbocycles. The van der Waals surface area contributed by atoms with Gasteiger partial charge in [0.25, 0.3) is 0 Å². The minimum atomic E-state index is -0.107. The topological polar surface area (TPSA) is 78.7 Å². The third kappa shape index (κ3) is 2.46. The first-order valence-corrected chi connectivity index (χ1v) is 9.69. The Balaban J connectivity index is 1.64. The van der Waals surface area contributed by atoms with Crippen molar-refractivity contribution in [3.63, 3.8) is 0 Å². The summed E-state index contributed by atoms with van der Waals surface area (Å²) in [6.45, 7) is 6.04. The van der Waals surface area contributed by atoms with E-state index in [1.807, 2.05) is 60.5 Å². The van der Waals surface area contributed by atoms with Crippen LogP contribution < -0.4 is 0 Å². The van der Waals surface area contributed by atoms with E-state index < -0.39 is 0 Å². The quantitative estimate of drug-likeness (QED) is 0.431. The smallest absolute Gasteiger partial charge is 0.176 e. The first-order valence-electron chi connectivity index (χ1n) is 8.90. The van der Waals surface area contributed by atoms with Crippen molar-refractivity contribution < 1.29 is 0 Å². The van der Waals surface area contributed by atoms with E-state index in [1.165, 1.54) is 0 Å². The van der Waals surface area contributed by atoms with Crippen molar-refractivity contribution in [2.45, 2.75) is 26.8 Å². The maximum atomic E-state index is 4.79. The second-order valence-electron chi connectivity index (χ2n) is 6.72. The molecule has 0 amide bonds. The first-order chi connectivity index (χ1) is 13.5. The third-order valence-electron chi connectivity index (χ3n) is 4.90. The Morgan fingerprint density at radius 1 is 1.04 bits per heavy atom. The van der Waals surface area contributed by atoms with Crippen molar-refractivity contribution >= 4 is 32.6 Å². The average Bonchev–Trinajstić information content (AvgIpc) is 3.40. The third-order valence-corrected chi connectivity index (χ3v) is 6.05. The molecular formula is C19H17BrN8. The van der Waals surface area contributed by atoms with Crippen LogP contribution in [0.25, 0.3) is 22.4 Å². The lowest BCUT2D eigenvalue weighted by molar-refractivity contribution is 0.520. The van der Waals surface area contributed by atoms with E-state index in [0.717, 1.165) is 38.2 Å². The Kier molecular flexibility index (Phi) is 3.80. The van der Waals surface area contributed by atoms with Crippen molar-refractivity contribution in [2.75, 3.05) is 0 Å². The number of hydrogen-bond acceptors (Lipinski definition) is 5. The molecule has 0 unspecified atom stereocenters. The lowest BCUT2D eigenvalue weighted by atomic mass is 10.3. The first kappa shape index (κ1) is 17.1. The Hall–Kier alpha value is -3.07. The Morgan fingerprint density at radius 2 is 1.82 bits per heavy atom. The van der Waals surface area contributed by atoms with E-state index in [9.17, 15) is 0 Å². The molecule has 4 heterocycles. The van der Waals surface area contributed by atoms with Gasteiger partial charge in [-0.3, -0.25) is 4.68 Å². The number of hydrogen-bond donors (Lipinski definition) is 0. The number of halogens is 1. The molecule has 9 heteroatoms. The van der Waals surface area contributed by atoms with Gasteiger partial charge in [-0.1, -0.05) is 18.2 Å². The normalized spacial score (nSPS) is 12.9. The maximum Gasteiger partial charge on any atom is 0.176 e. The van der Waals surface area contributed by atoms with E-state index in [-0.39, 0.29) is 6.04 Å². The van der Waals surface area contributed by atoms with Gasteiger partial charge in [-0.15, -0.1) is 5.10 Å². The van der Waals surface area contributed by atoms with Gasteiger partial charge in [0.1, 0.15) is 12.4 Å². The van der Waals surface area contributed by atoms with Crippen LogP contribution in [0.2, 0.25) is 0 Å². The Labute approximate surface area is 169 Å². The summed E-state index contributed by atoms with van der Waals surface area (Å²) in [5.74, 6) is 0.680. The molecule has 5 aromatic rings. The minimum absolute atomic E-state index is 0.107. The van der Waals surface area contributed by atoms with Crippen molar-refractivity contribution in [1.82, 2.24) is 39.1 Å². The van der Waals surface area contributed by atoms with Crippen molar-refractivity contribution in [3.05, 3.63) is 64.5 Å². The van der Waals surface area contributed by atoms with Crippen LogP contribution in [0.3, 0.4) is 0 Å². The summed E-state index contributed by atoms with van der Waals surface area (Å²) < 4.78 is 6.46. The zero-order chi connectivity index (χ0) is 19.4. The SMILES string of the molecule is Cc1nn([C@@H](C)c2nc3c4cnn(-c5ccccc5)c4ncn3n2)c(C)c1Br. The van der Waals surface area contributed by atoms with E-state index in [2.05, 4.69) is 36.2 Å². The zero-order valence-electron chi connectivity index (χ0n) is 15.6. The highest BCUT2D eigenvalue weighted by molar-refractivity contribution is 9.10. The molecule has 0 aliphatic rings. The van der Waals surface area contributed by atoms with Gasteiger partial charge in [-0.05, 0) is 48.8 Å². The number of aromatic nitrogens is 8. The second-order valence-corrected chi connectivity index (χ2v) is 7.51. The Bertz CT molecular complexity index is 1310. The number of aryl methyl sites for hydroxylation is 1. The molecule has 0 N–H and O–H groups in total. The van der Waals surface area contributed by atoms with Gasteiger partial charge < -0.3 is 0 Å². The van der Waals surface area contributed by atoms with E-state index in [4.69, 9.17) is 4.98 Å². The van der Waals surface area contributed by atoms with Crippen molar-refractivity contribution in [3.8, 4) is 5.69 Å². The standard InChI is InChI=1S/C19H17BrN8/c1-11-16(20)12(2)27(24-11)13(3)17-23-19-15-9-22-28(14-7-5-4-6-8-14)18(15)21-10-26(19)25-17/h4-10,13H,1-3H3/t13-/m0/s1. The molecular weight excluding hydrogens is 420 g/mol. The molecule has 1 aromatic carbocycles. The van der Waals surface area contributed by atoms with Crippen molar-refractivity contribution in [1.29, 1.82) is 0 Å². The van der Waals surface area contributed by atoms with E-state index in [0.29, 0.717) is 5.82 Å². The zero-order valence-corrected chi connectivity index (χ0v) is 17.2. The summed E-state index contributed by atoms with van der Waals surface area (Å²) in [7, 11) is 0. The predicted molar refractivity (Wildman–Crippen MR) is 109 cm³/mol. The summed E-state index contributed by atoms with van der Waals surface area (Å²) in [6, 6.07) is 9.82. The van der Waals surface area contributed by atoms with Gasteiger partial charge in [0, 0.05) is 0 Å². The predicted octanol–water partition coefficient (Wildman–Crippen LogP) is 3.65. The average molecular weight is 437 g/mol.